The fourth-order valence-electron chi connectivity index (χ4n) is 2.12. The van der Waals surface area contributed by atoms with Crippen molar-refractivity contribution in [2.75, 3.05) is 11.9 Å². The predicted molar refractivity (Wildman–Crippen MR) is 78.3 cm³/mol. The van der Waals surface area contributed by atoms with Gasteiger partial charge in [-0.1, -0.05) is 0 Å². The number of rotatable bonds is 7. The van der Waals surface area contributed by atoms with E-state index in [1.165, 1.54) is 0 Å². The van der Waals surface area contributed by atoms with Crippen LogP contribution in [0.15, 0.2) is 0 Å². The van der Waals surface area contributed by atoms with E-state index in [2.05, 4.69) is 15.7 Å². The highest BCUT2D eigenvalue weighted by molar-refractivity contribution is 5.77. The van der Waals surface area contributed by atoms with E-state index in [1.54, 1.807) is 11.6 Å². The van der Waals surface area contributed by atoms with E-state index in [0.717, 1.165) is 12.8 Å². The molecule has 1 aromatic rings. The molecular weight excluding hydrogens is 274 g/mol. The zero-order valence-electron chi connectivity index (χ0n) is 12.5. The lowest BCUT2D eigenvalue weighted by atomic mass is 10.3. The Morgan fingerprint density at radius 2 is 2.19 bits per heavy atom. The van der Waals surface area contributed by atoms with Gasteiger partial charge in [0.05, 0.1) is 4.92 Å². The first kappa shape index (κ1) is 15.3. The first-order valence-corrected chi connectivity index (χ1v) is 7.17. The van der Waals surface area contributed by atoms with Crippen molar-refractivity contribution in [3.63, 3.8) is 0 Å². The zero-order valence-corrected chi connectivity index (χ0v) is 12.5. The molecule has 1 aliphatic rings. The molecule has 0 radical (unpaired) electrons. The van der Waals surface area contributed by atoms with Crippen molar-refractivity contribution in [2.24, 2.45) is 0 Å². The average molecular weight is 295 g/mol. The molecule has 1 fully saturated rings. The predicted octanol–water partition coefficient (Wildman–Crippen LogP) is 1.76. The Labute approximate surface area is 123 Å². The lowest BCUT2D eigenvalue weighted by Crippen LogP contribution is -2.27. The van der Waals surface area contributed by atoms with Crippen molar-refractivity contribution in [3.05, 3.63) is 15.8 Å². The van der Waals surface area contributed by atoms with E-state index in [-0.39, 0.29) is 24.1 Å². The number of nitrogens with zero attached hydrogens (tertiary/aromatic N) is 3. The molecule has 0 unspecified atom stereocenters. The maximum atomic E-state index is 11.6. The van der Waals surface area contributed by atoms with Gasteiger partial charge in [0.15, 0.2) is 0 Å². The molecule has 0 bridgehead atoms. The first-order chi connectivity index (χ1) is 9.90. The summed E-state index contributed by atoms with van der Waals surface area (Å²) >= 11 is 0. The summed E-state index contributed by atoms with van der Waals surface area (Å²) in [5.41, 5.74) is 0.352. The van der Waals surface area contributed by atoms with Crippen LogP contribution in [0, 0.1) is 17.0 Å². The van der Waals surface area contributed by atoms with Gasteiger partial charge in [0.2, 0.25) is 11.7 Å². The highest BCUT2D eigenvalue weighted by Crippen LogP contribution is 2.30. The van der Waals surface area contributed by atoms with Crippen LogP contribution in [0.25, 0.3) is 0 Å². The van der Waals surface area contributed by atoms with Crippen LogP contribution < -0.4 is 10.6 Å². The molecule has 2 N–H and O–H groups in total. The smallest absolute Gasteiger partial charge is 0.333 e. The second-order valence-electron chi connectivity index (χ2n) is 5.60. The molecule has 1 aliphatic carbocycles. The zero-order chi connectivity index (χ0) is 15.6. The van der Waals surface area contributed by atoms with E-state index >= 15 is 0 Å². The van der Waals surface area contributed by atoms with Crippen LogP contribution in [0.4, 0.5) is 11.5 Å². The number of amides is 1. The number of carbonyl (C=O) groups excluding carboxylic acids is 1. The minimum absolute atomic E-state index is 0.000176. The molecule has 1 aromatic heterocycles. The van der Waals surface area contributed by atoms with Crippen molar-refractivity contribution < 1.29 is 9.72 Å². The minimum Gasteiger partial charge on any atom is -0.364 e. The Hall–Kier alpha value is -2.12. The fraction of sp³-hybridized carbons (Fsp3) is 0.692. The molecule has 2 rings (SSSR count). The minimum atomic E-state index is -0.437. The molecule has 1 amide bonds. The molecule has 0 spiro atoms. The highest BCUT2D eigenvalue weighted by Gasteiger charge is 2.27. The monoisotopic (exact) mass is 295 g/mol. The third-order valence-electron chi connectivity index (χ3n) is 3.31. The summed E-state index contributed by atoms with van der Waals surface area (Å²) in [5, 5.41) is 21.2. The van der Waals surface area contributed by atoms with Crippen LogP contribution in [0.3, 0.4) is 0 Å². The number of carbonyl (C=O) groups is 1. The maximum Gasteiger partial charge on any atom is 0.333 e. The number of aromatic nitrogens is 2. The largest absolute Gasteiger partial charge is 0.364 e. The van der Waals surface area contributed by atoms with Gasteiger partial charge in [-0.2, -0.15) is 5.10 Å². The summed E-state index contributed by atoms with van der Waals surface area (Å²) in [6.07, 6.45) is 2.38. The Balaban J connectivity index is 2.02. The van der Waals surface area contributed by atoms with Gasteiger partial charge in [-0.15, -0.1) is 0 Å². The number of aryl methyl sites for hydroxylation is 1. The van der Waals surface area contributed by atoms with E-state index in [0.29, 0.717) is 24.1 Å². The van der Waals surface area contributed by atoms with Gasteiger partial charge in [0.1, 0.15) is 5.69 Å². The summed E-state index contributed by atoms with van der Waals surface area (Å²) in [6, 6.07) is 0.329. The molecule has 8 nitrogen and oxygen atoms in total. The van der Waals surface area contributed by atoms with Crippen LogP contribution in [-0.2, 0) is 4.79 Å². The summed E-state index contributed by atoms with van der Waals surface area (Å²) < 4.78 is 1.59. The number of nitro groups is 1. The van der Waals surface area contributed by atoms with Crippen molar-refractivity contribution in [2.45, 2.75) is 52.1 Å². The van der Waals surface area contributed by atoms with Gasteiger partial charge in [0, 0.05) is 25.0 Å². The molecule has 8 heteroatoms. The van der Waals surface area contributed by atoms with Gasteiger partial charge >= 0.3 is 5.69 Å². The molecule has 1 heterocycles. The van der Waals surface area contributed by atoms with Crippen molar-refractivity contribution in [1.29, 1.82) is 0 Å². The number of hydrogen-bond acceptors (Lipinski definition) is 5. The lowest BCUT2D eigenvalue weighted by molar-refractivity contribution is -0.384. The molecule has 0 aliphatic heterocycles. The van der Waals surface area contributed by atoms with Gasteiger partial charge in [-0.25, -0.2) is 4.68 Å². The molecule has 1 saturated carbocycles. The first-order valence-electron chi connectivity index (χ1n) is 7.17. The van der Waals surface area contributed by atoms with Crippen LogP contribution in [0.5, 0.6) is 0 Å². The molecule has 116 valence electrons. The topological polar surface area (TPSA) is 102 Å². The van der Waals surface area contributed by atoms with Gasteiger partial charge < -0.3 is 10.6 Å². The Morgan fingerprint density at radius 1 is 1.52 bits per heavy atom. The molecule has 0 atom stereocenters. The third-order valence-corrected chi connectivity index (χ3v) is 3.31. The van der Waals surface area contributed by atoms with E-state index in [1.807, 2.05) is 13.8 Å². The number of anilines is 1. The molecular formula is C13H21N5O3. The Morgan fingerprint density at radius 3 is 2.71 bits per heavy atom. The van der Waals surface area contributed by atoms with Gasteiger partial charge in [-0.3, -0.25) is 14.9 Å². The molecule has 0 saturated heterocycles. The second-order valence-corrected chi connectivity index (χ2v) is 5.60. The quantitative estimate of drug-likeness (QED) is 0.589. The summed E-state index contributed by atoms with van der Waals surface area (Å²) in [6.45, 7) is 5.77. The highest BCUT2D eigenvalue weighted by atomic mass is 16.6. The van der Waals surface area contributed by atoms with Crippen LogP contribution in [0.2, 0.25) is 0 Å². The number of hydrogen-bond donors (Lipinski definition) is 2. The van der Waals surface area contributed by atoms with Gasteiger partial charge in [0.25, 0.3) is 0 Å². The van der Waals surface area contributed by atoms with Crippen molar-refractivity contribution >= 4 is 17.4 Å². The van der Waals surface area contributed by atoms with Crippen molar-refractivity contribution in [1.82, 2.24) is 15.1 Å². The normalized spacial score (nSPS) is 14.3. The SMILES string of the molecule is Cc1nn(C(C)C)c(NCCC(=O)NC2CC2)c1[N+](=O)[O-]. The lowest BCUT2D eigenvalue weighted by Gasteiger charge is -2.11. The van der Waals surface area contributed by atoms with Crippen LogP contribution >= 0.6 is 0 Å². The van der Waals surface area contributed by atoms with Gasteiger partial charge in [-0.05, 0) is 33.6 Å². The summed E-state index contributed by atoms with van der Waals surface area (Å²) in [5.74, 6) is 0.340. The van der Waals surface area contributed by atoms with Crippen LogP contribution in [0.1, 0.15) is 44.8 Å². The Kier molecular flexibility index (Phi) is 4.44. The summed E-state index contributed by atoms with van der Waals surface area (Å²) in [4.78, 5) is 22.3. The van der Waals surface area contributed by atoms with E-state index < -0.39 is 4.92 Å². The fourth-order valence-corrected chi connectivity index (χ4v) is 2.12. The van der Waals surface area contributed by atoms with E-state index in [4.69, 9.17) is 0 Å². The number of nitrogens with one attached hydrogen (secondary N) is 2. The maximum absolute atomic E-state index is 11.6. The summed E-state index contributed by atoms with van der Waals surface area (Å²) in [7, 11) is 0. The second kappa shape index (κ2) is 6.11. The molecule has 21 heavy (non-hydrogen) atoms. The molecule has 0 aromatic carbocycles. The third kappa shape index (κ3) is 3.71. The van der Waals surface area contributed by atoms with E-state index in [9.17, 15) is 14.9 Å². The van der Waals surface area contributed by atoms with Crippen LogP contribution in [-0.4, -0.2) is 33.2 Å². The Bertz CT molecular complexity index is 548. The van der Waals surface area contributed by atoms with Crippen molar-refractivity contribution in [3.8, 4) is 0 Å². The average Bonchev–Trinajstić information content (AvgIpc) is 3.11. The standard InChI is InChI=1S/C13H21N5O3/c1-8(2)17-13(12(18(20)21)9(3)16-17)14-7-6-11(19)15-10-4-5-10/h8,10,14H,4-7H2,1-3H3,(H,15,19).